The molecule has 2 amide bonds. The number of carbonyl (C=O) groups excluding carboxylic acids is 3. The molecule has 0 fully saturated rings. The second-order valence-corrected chi connectivity index (χ2v) is 13.7. The minimum absolute atomic E-state index is 0.0878. The summed E-state index contributed by atoms with van der Waals surface area (Å²) < 4.78 is 4.78. The summed E-state index contributed by atoms with van der Waals surface area (Å²) in [5.74, 6) is -0.802. The number of amides is 2. The van der Waals surface area contributed by atoms with Gasteiger partial charge in [-0.2, -0.15) is 0 Å². The molecule has 1 aliphatic carbocycles. The SMILES string of the molecule is CCC(CC)N(CCO)Cc1cccc(C(=O)Nc2sc3c(c2C(=O)Nc2ccc(CCc4ccc(C(=O)OC)cc4)cc2)CCCC3)c1. The lowest BCUT2D eigenvalue weighted by Crippen LogP contribution is -2.36. The lowest BCUT2D eigenvalue weighted by atomic mass is 9.95. The number of fused-ring (bicyclic) bond motifs is 1. The van der Waals surface area contributed by atoms with Crippen LogP contribution in [-0.2, 0) is 37.0 Å². The standard InChI is InChI=1S/C40H47N3O5S/c1-4-33(5-2)43(23-24-44)26-29-9-8-10-31(25-29)37(45)42-39-36(34-11-6-7-12-35(34)49-39)38(46)41-32-21-17-28(18-22-32)14-13-27-15-19-30(20-16-27)40(47)48-3/h8-10,15-22,25,33,44H,4-7,11-14,23-24,26H2,1-3H3,(H,41,46)(H,42,45). The molecule has 0 radical (unpaired) electrons. The Balaban J connectivity index is 1.26. The van der Waals surface area contributed by atoms with Crippen LogP contribution >= 0.6 is 11.3 Å². The van der Waals surface area contributed by atoms with E-state index in [0.29, 0.717) is 46.5 Å². The summed E-state index contributed by atoms with van der Waals surface area (Å²) in [5.41, 5.74) is 6.64. The Morgan fingerprint density at radius 3 is 2.16 bits per heavy atom. The molecule has 0 saturated heterocycles. The van der Waals surface area contributed by atoms with Crippen LogP contribution < -0.4 is 10.6 Å². The highest BCUT2D eigenvalue weighted by Gasteiger charge is 2.27. The van der Waals surface area contributed by atoms with Crippen molar-refractivity contribution in [3.05, 3.63) is 117 Å². The van der Waals surface area contributed by atoms with E-state index in [4.69, 9.17) is 4.74 Å². The molecule has 0 spiro atoms. The van der Waals surface area contributed by atoms with Crippen molar-refractivity contribution in [2.75, 3.05) is 30.9 Å². The first-order valence-electron chi connectivity index (χ1n) is 17.3. The maximum atomic E-state index is 13.8. The molecule has 258 valence electrons. The van der Waals surface area contributed by atoms with Crippen LogP contribution in [0.2, 0.25) is 0 Å². The number of ether oxygens (including phenoxy) is 1. The average molecular weight is 682 g/mol. The summed E-state index contributed by atoms with van der Waals surface area (Å²) in [7, 11) is 1.37. The first-order valence-corrected chi connectivity index (χ1v) is 18.1. The van der Waals surface area contributed by atoms with Crippen molar-refractivity contribution < 1.29 is 24.2 Å². The van der Waals surface area contributed by atoms with Gasteiger partial charge in [-0.05, 0) is 110 Å². The lowest BCUT2D eigenvalue weighted by molar-refractivity contribution is 0.0600. The van der Waals surface area contributed by atoms with Gasteiger partial charge in [0.05, 0.1) is 24.8 Å². The number of aryl methyl sites for hydroxylation is 3. The largest absolute Gasteiger partial charge is 0.465 e. The quantitative estimate of drug-likeness (QED) is 0.111. The first kappa shape index (κ1) is 36.0. The van der Waals surface area contributed by atoms with Crippen molar-refractivity contribution in [1.82, 2.24) is 4.90 Å². The highest BCUT2D eigenvalue weighted by Crippen LogP contribution is 2.39. The number of hydrogen-bond acceptors (Lipinski definition) is 7. The predicted octanol–water partition coefficient (Wildman–Crippen LogP) is 7.69. The molecule has 1 aromatic heterocycles. The molecule has 3 N–H and O–H groups in total. The van der Waals surface area contributed by atoms with Gasteiger partial charge in [-0.15, -0.1) is 11.3 Å². The van der Waals surface area contributed by atoms with Gasteiger partial charge in [0.1, 0.15) is 5.00 Å². The van der Waals surface area contributed by atoms with Crippen molar-refractivity contribution in [3.8, 4) is 0 Å². The number of nitrogens with zero attached hydrogens (tertiary/aromatic N) is 1. The third kappa shape index (κ3) is 9.23. The van der Waals surface area contributed by atoms with E-state index >= 15 is 0 Å². The van der Waals surface area contributed by atoms with Crippen LogP contribution in [0.15, 0.2) is 72.8 Å². The van der Waals surface area contributed by atoms with E-state index in [-0.39, 0.29) is 24.4 Å². The molecule has 0 aliphatic heterocycles. The van der Waals surface area contributed by atoms with Crippen LogP contribution in [0.5, 0.6) is 0 Å². The fourth-order valence-corrected chi connectivity index (χ4v) is 7.88. The summed E-state index contributed by atoms with van der Waals surface area (Å²) in [6, 6.07) is 23.3. The molecule has 9 heteroatoms. The van der Waals surface area contributed by atoms with Crippen LogP contribution in [0.4, 0.5) is 10.7 Å². The molecule has 4 aromatic rings. The lowest BCUT2D eigenvalue weighted by Gasteiger charge is -2.30. The van der Waals surface area contributed by atoms with Crippen LogP contribution in [-0.4, -0.2) is 54.1 Å². The zero-order valence-corrected chi connectivity index (χ0v) is 29.5. The Morgan fingerprint density at radius 1 is 0.837 bits per heavy atom. The molecule has 8 nitrogen and oxygen atoms in total. The van der Waals surface area contributed by atoms with Gasteiger partial charge in [0, 0.05) is 35.3 Å². The van der Waals surface area contributed by atoms with E-state index in [0.717, 1.165) is 73.6 Å². The van der Waals surface area contributed by atoms with E-state index in [1.807, 2.05) is 54.6 Å². The summed E-state index contributed by atoms with van der Waals surface area (Å²) in [6.45, 7) is 5.64. The zero-order chi connectivity index (χ0) is 34.8. The zero-order valence-electron chi connectivity index (χ0n) is 28.7. The predicted molar refractivity (Wildman–Crippen MR) is 197 cm³/mol. The summed E-state index contributed by atoms with van der Waals surface area (Å²) >= 11 is 1.51. The third-order valence-corrected chi connectivity index (χ3v) is 10.5. The molecule has 0 saturated carbocycles. The molecule has 1 heterocycles. The Hall–Kier alpha value is -4.31. The van der Waals surface area contributed by atoms with E-state index in [2.05, 4.69) is 29.4 Å². The topological polar surface area (TPSA) is 108 Å². The van der Waals surface area contributed by atoms with Gasteiger partial charge >= 0.3 is 5.97 Å². The van der Waals surface area contributed by atoms with Crippen LogP contribution in [0.25, 0.3) is 0 Å². The minimum atomic E-state index is -0.346. The molecule has 49 heavy (non-hydrogen) atoms. The van der Waals surface area contributed by atoms with Gasteiger partial charge in [-0.1, -0.05) is 50.2 Å². The van der Waals surface area contributed by atoms with Crippen LogP contribution in [0.1, 0.15) is 97.7 Å². The number of anilines is 2. The molecule has 1 aliphatic rings. The Bertz CT molecular complexity index is 1730. The fraction of sp³-hybridized carbons (Fsp3) is 0.375. The number of hydrogen-bond donors (Lipinski definition) is 3. The minimum Gasteiger partial charge on any atom is -0.465 e. The molecule has 0 unspecified atom stereocenters. The Morgan fingerprint density at radius 2 is 1.51 bits per heavy atom. The molecular formula is C40H47N3O5S. The van der Waals surface area contributed by atoms with Crippen molar-refractivity contribution in [2.45, 2.75) is 77.8 Å². The number of benzene rings is 3. The maximum Gasteiger partial charge on any atom is 0.337 e. The van der Waals surface area contributed by atoms with Crippen molar-refractivity contribution >= 4 is 39.8 Å². The summed E-state index contributed by atoms with van der Waals surface area (Å²) in [5, 5.41) is 16.4. The number of aliphatic hydroxyl groups is 1. The fourth-order valence-electron chi connectivity index (χ4n) is 6.60. The van der Waals surface area contributed by atoms with Gasteiger partial charge in [0.15, 0.2) is 0 Å². The number of methoxy groups -OCH3 is 1. The van der Waals surface area contributed by atoms with Gasteiger partial charge < -0.3 is 20.5 Å². The monoisotopic (exact) mass is 681 g/mol. The summed E-state index contributed by atoms with van der Waals surface area (Å²) in [6.07, 6.45) is 7.42. The van der Waals surface area contributed by atoms with Gasteiger partial charge in [0.2, 0.25) is 0 Å². The molecule has 3 aromatic carbocycles. The summed E-state index contributed by atoms with van der Waals surface area (Å²) in [4.78, 5) is 42.6. The second kappa shape index (κ2) is 17.4. The average Bonchev–Trinajstić information content (AvgIpc) is 3.49. The Labute approximate surface area is 293 Å². The molecule has 0 atom stereocenters. The molecular weight excluding hydrogens is 635 g/mol. The molecule has 0 bridgehead atoms. The van der Waals surface area contributed by atoms with E-state index in [9.17, 15) is 19.5 Å². The number of esters is 1. The Kier molecular flexibility index (Phi) is 12.8. The highest BCUT2D eigenvalue weighted by molar-refractivity contribution is 7.17. The van der Waals surface area contributed by atoms with Crippen LogP contribution in [0, 0.1) is 0 Å². The van der Waals surface area contributed by atoms with Crippen molar-refractivity contribution in [2.24, 2.45) is 0 Å². The normalized spacial score (nSPS) is 12.5. The van der Waals surface area contributed by atoms with Gasteiger partial charge in [0.25, 0.3) is 11.8 Å². The second-order valence-electron chi connectivity index (χ2n) is 12.6. The smallest absolute Gasteiger partial charge is 0.337 e. The van der Waals surface area contributed by atoms with Crippen LogP contribution in [0.3, 0.4) is 0 Å². The first-order chi connectivity index (χ1) is 23.8. The number of nitrogens with one attached hydrogen (secondary N) is 2. The van der Waals surface area contributed by atoms with Crippen molar-refractivity contribution in [1.29, 1.82) is 0 Å². The van der Waals surface area contributed by atoms with Gasteiger partial charge in [-0.3, -0.25) is 14.5 Å². The van der Waals surface area contributed by atoms with E-state index in [1.165, 1.54) is 23.3 Å². The van der Waals surface area contributed by atoms with Gasteiger partial charge in [-0.25, -0.2) is 4.79 Å². The number of thiophene rings is 1. The number of carbonyl (C=O) groups is 3. The number of rotatable bonds is 15. The van der Waals surface area contributed by atoms with E-state index in [1.54, 1.807) is 18.2 Å². The molecule has 5 rings (SSSR count). The van der Waals surface area contributed by atoms with Crippen molar-refractivity contribution in [3.63, 3.8) is 0 Å². The highest BCUT2D eigenvalue weighted by atomic mass is 32.1. The third-order valence-electron chi connectivity index (χ3n) is 9.34. The van der Waals surface area contributed by atoms with E-state index < -0.39 is 0 Å². The maximum absolute atomic E-state index is 13.8. The number of aliphatic hydroxyl groups excluding tert-OH is 1.